The Morgan fingerprint density at radius 2 is 1.86 bits per heavy atom. The Kier molecular flexibility index (Phi) is 5.06. The molecule has 0 aliphatic heterocycles. The van der Waals surface area contributed by atoms with Gasteiger partial charge in [0.05, 0.1) is 12.0 Å². The minimum absolute atomic E-state index is 0.124. The van der Waals surface area contributed by atoms with Crippen LogP contribution in [0.5, 0.6) is 0 Å². The Balaban J connectivity index is 2.36. The number of carbonyl (C=O) groups is 1. The number of nitrogens with one attached hydrogen (secondary N) is 1. The van der Waals surface area contributed by atoms with Gasteiger partial charge < -0.3 is 4.74 Å². The normalized spacial score (nSPS) is 18.2. The van der Waals surface area contributed by atoms with Crippen LogP contribution in [0.2, 0.25) is 0 Å². The number of hydrogen-bond acceptors (Lipinski definition) is 4. The summed E-state index contributed by atoms with van der Waals surface area (Å²) in [5.74, 6) is -0.516. The van der Waals surface area contributed by atoms with Crippen LogP contribution in [0.1, 0.15) is 32.1 Å². The van der Waals surface area contributed by atoms with Crippen LogP contribution >= 0.6 is 15.9 Å². The lowest BCUT2D eigenvalue weighted by Crippen LogP contribution is -2.56. The summed E-state index contributed by atoms with van der Waals surface area (Å²) < 4.78 is 33.1. The predicted octanol–water partition coefficient (Wildman–Crippen LogP) is 2.60. The first-order valence-electron chi connectivity index (χ1n) is 6.78. The maximum absolute atomic E-state index is 12.6. The Labute approximate surface area is 133 Å². The fraction of sp³-hybridized carbons (Fsp3) is 0.500. The molecule has 0 amide bonds. The summed E-state index contributed by atoms with van der Waals surface area (Å²) in [5, 5.41) is 0. The van der Waals surface area contributed by atoms with Crippen molar-refractivity contribution in [2.45, 2.75) is 42.5 Å². The van der Waals surface area contributed by atoms with Gasteiger partial charge in [0.25, 0.3) is 0 Å². The summed E-state index contributed by atoms with van der Waals surface area (Å²) in [5.41, 5.74) is -1.15. The first-order valence-corrected chi connectivity index (χ1v) is 9.06. The average Bonchev–Trinajstić information content (AvgIpc) is 2.47. The molecule has 1 saturated carbocycles. The highest BCUT2D eigenvalue weighted by molar-refractivity contribution is 9.10. The molecule has 0 unspecified atom stereocenters. The second-order valence-electron chi connectivity index (χ2n) is 5.17. The molecule has 0 heterocycles. The van der Waals surface area contributed by atoms with E-state index in [4.69, 9.17) is 4.74 Å². The molecule has 1 N–H and O–H groups in total. The second-order valence-corrected chi connectivity index (χ2v) is 7.68. The summed E-state index contributed by atoms with van der Waals surface area (Å²) in [6.45, 7) is 0. The van der Waals surface area contributed by atoms with Gasteiger partial charge in [-0.2, -0.15) is 4.72 Å². The lowest BCUT2D eigenvalue weighted by molar-refractivity contribution is -0.149. The highest BCUT2D eigenvalue weighted by Crippen LogP contribution is 2.32. The Morgan fingerprint density at radius 3 is 2.43 bits per heavy atom. The van der Waals surface area contributed by atoms with E-state index in [1.807, 2.05) is 0 Å². The molecule has 1 aromatic carbocycles. The summed E-state index contributed by atoms with van der Waals surface area (Å²) in [6.07, 6.45) is 3.52. The number of carbonyl (C=O) groups excluding carboxylic acids is 1. The third-order valence-corrected chi connectivity index (χ3v) is 6.29. The van der Waals surface area contributed by atoms with E-state index in [0.717, 1.165) is 19.3 Å². The zero-order chi connectivity index (χ0) is 15.5. The van der Waals surface area contributed by atoms with Gasteiger partial charge in [-0.25, -0.2) is 8.42 Å². The van der Waals surface area contributed by atoms with Crippen molar-refractivity contribution in [1.29, 1.82) is 0 Å². The topological polar surface area (TPSA) is 72.5 Å². The van der Waals surface area contributed by atoms with Crippen LogP contribution in [-0.2, 0) is 19.6 Å². The van der Waals surface area contributed by atoms with Crippen LogP contribution in [0.15, 0.2) is 33.6 Å². The SMILES string of the molecule is COC(=O)C1(NS(=O)(=O)c2ccccc2Br)CCCCC1. The minimum atomic E-state index is -3.80. The molecule has 0 bridgehead atoms. The van der Waals surface area contributed by atoms with E-state index in [9.17, 15) is 13.2 Å². The van der Waals surface area contributed by atoms with Gasteiger partial charge in [0.1, 0.15) is 5.54 Å². The molecule has 0 radical (unpaired) electrons. The largest absolute Gasteiger partial charge is 0.468 e. The number of benzene rings is 1. The lowest BCUT2D eigenvalue weighted by atomic mass is 9.83. The fourth-order valence-corrected chi connectivity index (χ4v) is 5.09. The first-order chi connectivity index (χ1) is 9.91. The number of halogens is 1. The molecule has 0 aromatic heterocycles. The van der Waals surface area contributed by atoms with Crippen molar-refractivity contribution in [3.05, 3.63) is 28.7 Å². The summed E-state index contributed by atoms with van der Waals surface area (Å²) in [7, 11) is -2.52. The molecule has 0 atom stereocenters. The van der Waals surface area contributed by atoms with Gasteiger partial charge in [0.2, 0.25) is 10.0 Å². The number of rotatable bonds is 4. The zero-order valence-electron chi connectivity index (χ0n) is 11.8. The third kappa shape index (κ3) is 3.46. The molecule has 1 fully saturated rings. The molecule has 1 aromatic rings. The number of methoxy groups -OCH3 is 1. The monoisotopic (exact) mass is 375 g/mol. The highest BCUT2D eigenvalue weighted by Gasteiger charge is 2.44. The molecule has 7 heteroatoms. The van der Waals surface area contributed by atoms with Crippen molar-refractivity contribution in [3.8, 4) is 0 Å². The number of ether oxygens (including phenoxy) is 1. The van der Waals surface area contributed by atoms with Gasteiger partial charge in [0, 0.05) is 4.47 Å². The van der Waals surface area contributed by atoms with Gasteiger partial charge in [0.15, 0.2) is 0 Å². The van der Waals surface area contributed by atoms with Gasteiger partial charge in [-0.3, -0.25) is 4.79 Å². The maximum Gasteiger partial charge on any atom is 0.327 e. The van der Waals surface area contributed by atoms with E-state index < -0.39 is 21.5 Å². The summed E-state index contributed by atoms with van der Waals surface area (Å²) in [6, 6.07) is 6.53. The number of esters is 1. The van der Waals surface area contributed by atoms with E-state index in [-0.39, 0.29) is 4.90 Å². The van der Waals surface area contributed by atoms with Crippen LogP contribution in [-0.4, -0.2) is 27.0 Å². The third-order valence-electron chi connectivity index (χ3n) is 3.74. The molecule has 0 saturated heterocycles. The maximum atomic E-state index is 12.6. The van der Waals surface area contributed by atoms with Gasteiger partial charge in [-0.05, 0) is 40.9 Å². The van der Waals surface area contributed by atoms with Crippen molar-refractivity contribution in [1.82, 2.24) is 4.72 Å². The van der Waals surface area contributed by atoms with Gasteiger partial charge >= 0.3 is 5.97 Å². The molecule has 1 aliphatic rings. The number of hydrogen-bond donors (Lipinski definition) is 1. The molecular weight excluding hydrogens is 358 g/mol. The Hall–Kier alpha value is -0.920. The van der Waals surface area contributed by atoms with Crippen LogP contribution in [0.3, 0.4) is 0 Å². The average molecular weight is 376 g/mol. The molecular formula is C14H18BrNO4S. The first kappa shape index (κ1) is 16.5. The van der Waals surface area contributed by atoms with Crippen molar-refractivity contribution >= 4 is 31.9 Å². The van der Waals surface area contributed by atoms with Crippen molar-refractivity contribution < 1.29 is 17.9 Å². The van der Waals surface area contributed by atoms with E-state index in [1.165, 1.54) is 13.2 Å². The number of sulfonamides is 1. The molecule has 0 spiro atoms. The molecule has 2 rings (SSSR count). The Bertz CT molecular complexity index is 624. The van der Waals surface area contributed by atoms with Crippen LogP contribution < -0.4 is 4.72 Å². The van der Waals surface area contributed by atoms with Gasteiger partial charge in [-0.1, -0.05) is 31.4 Å². The second kappa shape index (κ2) is 6.46. The van der Waals surface area contributed by atoms with E-state index in [1.54, 1.807) is 18.2 Å². The fourth-order valence-electron chi connectivity index (χ4n) is 2.67. The highest BCUT2D eigenvalue weighted by atomic mass is 79.9. The van der Waals surface area contributed by atoms with Crippen LogP contribution in [0.25, 0.3) is 0 Å². The summed E-state index contributed by atoms with van der Waals surface area (Å²) >= 11 is 3.23. The Morgan fingerprint density at radius 1 is 1.24 bits per heavy atom. The van der Waals surface area contributed by atoms with E-state index in [2.05, 4.69) is 20.7 Å². The quantitative estimate of drug-likeness (QED) is 0.820. The van der Waals surface area contributed by atoms with Crippen molar-refractivity contribution in [3.63, 3.8) is 0 Å². The van der Waals surface area contributed by atoms with Crippen molar-refractivity contribution in [2.24, 2.45) is 0 Å². The molecule has 5 nitrogen and oxygen atoms in total. The van der Waals surface area contributed by atoms with Crippen molar-refractivity contribution in [2.75, 3.05) is 7.11 Å². The molecule has 21 heavy (non-hydrogen) atoms. The minimum Gasteiger partial charge on any atom is -0.468 e. The summed E-state index contributed by atoms with van der Waals surface area (Å²) in [4.78, 5) is 12.2. The molecule has 1 aliphatic carbocycles. The smallest absolute Gasteiger partial charge is 0.327 e. The standard InChI is InChI=1S/C14H18BrNO4S/c1-20-13(17)14(9-5-2-6-10-14)16-21(18,19)12-8-4-3-7-11(12)15/h3-4,7-8,16H,2,5-6,9-10H2,1H3. The zero-order valence-corrected chi connectivity index (χ0v) is 14.2. The lowest BCUT2D eigenvalue weighted by Gasteiger charge is -2.34. The van der Waals surface area contributed by atoms with E-state index in [0.29, 0.717) is 17.3 Å². The van der Waals surface area contributed by atoms with Crippen LogP contribution in [0, 0.1) is 0 Å². The predicted molar refractivity (Wildman–Crippen MR) is 82.3 cm³/mol. The van der Waals surface area contributed by atoms with Gasteiger partial charge in [-0.15, -0.1) is 0 Å². The van der Waals surface area contributed by atoms with Crippen LogP contribution in [0.4, 0.5) is 0 Å². The van der Waals surface area contributed by atoms with E-state index >= 15 is 0 Å². The molecule has 116 valence electrons.